The summed E-state index contributed by atoms with van der Waals surface area (Å²) in [6.07, 6.45) is 2.63. The van der Waals surface area contributed by atoms with Crippen LogP contribution in [0.25, 0.3) is 39.4 Å². The maximum Gasteiger partial charge on any atom is 0.573 e. The number of aromatic nitrogens is 4. The van der Waals surface area contributed by atoms with E-state index >= 15 is 0 Å². The normalized spacial score (nSPS) is 12.1. The highest BCUT2D eigenvalue weighted by Gasteiger charge is 2.31. The molecule has 0 saturated carbocycles. The molecule has 0 aliphatic carbocycles. The molecule has 7 nitrogen and oxygen atoms in total. The Bertz CT molecular complexity index is 1260. The first-order chi connectivity index (χ1) is 13.8. The lowest BCUT2D eigenvalue weighted by atomic mass is 10.1. The number of primary amides is 1. The van der Waals surface area contributed by atoms with Crippen LogP contribution in [0.4, 0.5) is 13.2 Å². The van der Waals surface area contributed by atoms with Gasteiger partial charge < -0.3 is 15.5 Å². The summed E-state index contributed by atoms with van der Waals surface area (Å²) in [5, 5.41) is 0.453. The number of ether oxygens (including phenoxy) is 1. The Balaban J connectivity index is 1.76. The predicted molar refractivity (Wildman–Crippen MR) is 99.5 cm³/mol. The van der Waals surface area contributed by atoms with Crippen LogP contribution < -0.4 is 10.5 Å². The van der Waals surface area contributed by atoms with Gasteiger partial charge in [0.25, 0.3) is 0 Å². The molecule has 29 heavy (non-hydrogen) atoms. The molecule has 0 bridgehead atoms. The minimum absolute atomic E-state index is 0.338. The molecule has 0 radical (unpaired) electrons. The van der Waals surface area contributed by atoms with E-state index in [2.05, 4.69) is 24.7 Å². The lowest BCUT2D eigenvalue weighted by molar-refractivity contribution is -0.274. The van der Waals surface area contributed by atoms with Crippen molar-refractivity contribution in [1.82, 2.24) is 19.9 Å². The molecule has 10 heteroatoms. The Labute approximate surface area is 161 Å². The minimum Gasteiger partial charge on any atom is -0.406 e. The number of hydrogen-bond donors (Lipinski definition) is 2. The number of alkyl halides is 3. The molecule has 0 fully saturated rings. The standard InChI is InChI=1S/C19H12F3N5O2/c20-19(21,22)29-13-2-3-14-11(6-13)5-12(8-24-14)15-9-26-18-17(27-15)10(7-25-18)1-4-16(23)28/h1-9H,(H2,23,28)(H,25,26). The molecule has 4 rings (SSSR count). The molecular weight excluding hydrogens is 387 g/mol. The van der Waals surface area contributed by atoms with E-state index in [-0.39, 0.29) is 5.75 Å². The number of nitrogens with one attached hydrogen (secondary N) is 1. The van der Waals surface area contributed by atoms with E-state index in [9.17, 15) is 18.0 Å². The largest absolute Gasteiger partial charge is 0.573 e. The van der Waals surface area contributed by atoms with Gasteiger partial charge in [-0.05, 0) is 30.3 Å². The SMILES string of the molecule is NC(=O)C=Cc1c[nH]c2ncc(-c3cnc4ccc(OC(F)(F)F)cc4c3)nc12. The highest BCUT2D eigenvalue weighted by molar-refractivity contribution is 5.94. The molecule has 0 unspecified atom stereocenters. The summed E-state index contributed by atoms with van der Waals surface area (Å²) < 4.78 is 41.3. The van der Waals surface area contributed by atoms with Crippen molar-refractivity contribution in [3.05, 3.63) is 54.5 Å². The molecule has 0 atom stereocenters. The predicted octanol–water partition coefficient (Wildman–Crippen LogP) is 3.57. The number of benzene rings is 1. The molecule has 0 saturated heterocycles. The molecule has 3 N–H and O–H groups in total. The first-order valence-electron chi connectivity index (χ1n) is 8.26. The first-order valence-corrected chi connectivity index (χ1v) is 8.26. The first kappa shape index (κ1) is 18.4. The number of halogens is 3. The Hall–Kier alpha value is -3.95. The van der Waals surface area contributed by atoms with Gasteiger partial charge in [-0.25, -0.2) is 9.97 Å². The zero-order valence-corrected chi connectivity index (χ0v) is 14.6. The fourth-order valence-corrected chi connectivity index (χ4v) is 2.80. The molecule has 146 valence electrons. The van der Waals surface area contributed by atoms with Gasteiger partial charge in [0.2, 0.25) is 5.91 Å². The topological polar surface area (TPSA) is 107 Å². The van der Waals surface area contributed by atoms with Crippen LogP contribution in [0.5, 0.6) is 5.75 Å². The fraction of sp³-hybridized carbons (Fsp3) is 0.0526. The van der Waals surface area contributed by atoms with Gasteiger partial charge in [-0.3, -0.25) is 9.78 Å². The Morgan fingerprint density at radius 2 is 2.00 bits per heavy atom. The number of hydrogen-bond acceptors (Lipinski definition) is 5. The average Bonchev–Trinajstić information content (AvgIpc) is 3.06. The third-order valence-electron chi connectivity index (χ3n) is 4.02. The monoisotopic (exact) mass is 399 g/mol. The summed E-state index contributed by atoms with van der Waals surface area (Å²) in [7, 11) is 0. The molecule has 0 aliphatic heterocycles. The van der Waals surface area contributed by atoms with Gasteiger partial charge >= 0.3 is 6.36 Å². The molecule has 0 aliphatic rings. The van der Waals surface area contributed by atoms with Crippen LogP contribution >= 0.6 is 0 Å². The van der Waals surface area contributed by atoms with E-state index in [1.807, 2.05) is 0 Å². The van der Waals surface area contributed by atoms with Crippen LogP contribution in [0.1, 0.15) is 5.56 Å². The molecule has 1 amide bonds. The van der Waals surface area contributed by atoms with Gasteiger partial charge in [0, 0.05) is 35.0 Å². The summed E-state index contributed by atoms with van der Waals surface area (Å²) in [6.45, 7) is 0. The highest BCUT2D eigenvalue weighted by Crippen LogP contribution is 2.28. The van der Waals surface area contributed by atoms with E-state index in [1.165, 1.54) is 36.5 Å². The van der Waals surface area contributed by atoms with Gasteiger partial charge in [0.1, 0.15) is 11.3 Å². The number of rotatable bonds is 4. The number of pyridine rings is 1. The summed E-state index contributed by atoms with van der Waals surface area (Å²) in [6, 6.07) is 5.54. The van der Waals surface area contributed by atoms with Crippen molar-refractivity contribution in [3.63, 3.8) is 0 Å². The van der Waals surface area contributed by atoms with Crippen molar-refractivity contribution in [2.45, 2.75) is 6.36 Å². The Morgan fingerprint density at radius 1 is 1.17 bits per heavy atom. The van der Waals surface area contributed by atoms with Gasteiger partial charge in [0.15, 0.2) is 5.65 Å². The van der Waals surface area contributed by atoms with Crippen molar-refractivity contribution >= 4 is 34.1 Å². The molecular formula is C19H12F3N5O2. The lowest BCUT2D eigenvalue weighted by Gasteiger charge is -2.09. The summed E-state index contributed by atoms with van der Waals surface area (Å²) >= 11 is 0. The van der Waals surface area contributed by atoms with E-state index in [1.54, 1.807) is 18.5 Å². The van der Waals surface area contributed by atoms with Crippen molar-refractivity contribution in [3.8, 4) is 17.0 Å². The minimum atomic E-state index is -4.78. The smallest absolute Gasteiger partial charge is 0.406 e. The number of amides is 1. The highest BCUT2D eigenvalue weighted by atomic mass is 19.4. The van der Waals surface area contributed by atoms with Crippen LogP contribution in [-0.4, -0.2) is 32.2 Å². The third-order valence-corrected chi connectivity index (χ3v) is 4.02. The summed E-state index contributed by atoms with van der Waals surface area (Å²) in [5.74, 6) is -0.936. The van der Waals surface area contributed by atoms with E-state index < -0.39 is 12.3 Å². The maximum absolute atomic E-state index is 12.5. The number of nitrogens with zero attached hydrogens (tertiary/aromatic N) is 3. The number of fused-ring (bicyclic) bond motifs is 2. The Kier molecular flexibility index (Phi) is 4.38. The number of carbonyl (C=O) groups excluding carboxylic acids is 1. The average molecular weight is 399 g/mol. The van der Waals surface area contributed by atoms with E-state index in [4.69, 9.17) is 5.73 Å². The number of aromatic amines is 1. The van der Waals surface area contributed by atoms with E-state index in [0.29, 0.717) is 38.9 Å². The van der Waals surface area contributed by atoms with Crippen LogP contribution in [0.3, 0.4) is 0 Å². The second-order valence-electron chi connectivity index (χ2n) is 6.06. The maximum atomic E-state index is 12.5. The number of nitrogens with two attached hydrogens (primary N) is 1. The quantitative estimate of drug-likeness (QED) is 0.510. The van der Waals surface area contributed by atoms with Crippen molar-refractivity contribution in [2.75, 3.05) is 0 Å². The van der Waals surface area contributed by atoms with Crippen LogP contribution in [-0.2, 0) is 4.79 Å². The fourth-order valence-electron chi connectivity index (χ4n) is 2.80. The zero-order chi connectivity index (χ0) is 20.6. The van der Waals surface area contributed by atoms with Crippen molar-refractivity contribution in [1.29, 1.82) is 0 Å². The second kappa shape index (κ2) is 6.89. The van der Waals surface area contributed by atoms with Gasteiger partial charge in [-0.2, -0.15) is 0 Å². The third kappa shape index (κ3) is 4.00. The van der Waals surface area contributed by atoms with Gasteiger partial charge in [-0.15, -0.1) is 13.2 Å². The Morgan fingerprint density at radius 3 is 2.76 bits per heavy atom. The van der Waals surface area contributed by atoms with E-state index in [0.717, 1.165) is 0 Å². The summed E-state index contributed by atoms with van der Waals surface area (Å²) in [4.78, 5) is 27.0. The van der Waals surface area contributed by atoms with Crippen molar-refractivity contribution in [2.24, 2.45) is 5.73 Å². The van der Waals surface area contributed by atoms with Crippen molar-refractivity contribution < 1.29 is 22.7 Å². The molecule has 1 aromatic carbocycles. The van der Waals surface area contributed by atoms with Crippen LogP contribution in [0.2, 0.25) is 0 Å². The zero-order valence-electron chi connectivity index (χ0n) is 14.6. The van der Waals surface area contributed by atoms with Gasteiger partial charge in [0.05, 0.1) is 17.4 Å². The number of carbonyl (C=O) groups is 1. The molecule has 3 heterocycles. The summed E-state index contributed by atoms with van der Waals surface area (Å²) in [5.41, 5.74) is 8.27. The second-order valence-corrected chi connectivity index (χ2v) is 6.06. The van der Waals surface area contributed by atoms with Crippen LogP contribution in [0, 0.1) is 0 Å². The van der Waals surface area contributed by atoms with Crippen LogP contribution in [0.15, 0.2) is 48.9 Å². The molecule has 4 aromatic rings. The number of H-pyrrole nitrogens is 1. The lowest BCUT2D eigenvalue weighted by Crippen LogP contribution is -2.17. The molecule has 3 aromatic heterocycles. The van der Waals surface area contributed by atoms with Gasteiger partial charge in [-0.1, -0.05) is 0 Å². The molecule has 0 spiro atoms.